The Morgan fingerprint density at radius 2 is 1.15 bits per heavy atom. The highest BCUT2D eigenvalue weighted by atomic mass is 32.2. The average Bonchev–Trinajstić information content (AvgIpc) is 3.45. The van der Waals surface area contributed by atoms with Crippen molar-refractivity contribution in [3.05, 3.63) is 132 Å². The Balaban J connectivity index is 1.23. The van der Waals surface area contributed by atoms with Crippen LogP contribution in [0.4, 0.5) is 11.4 Å². The summed E-state index contributed by atoms with van der Waals surface area (Å²) in [6.07, 6.45) is 16.5. The van der Waals surface area contributed by atoms with Crippen molar-refractivity contribution in [3.63, 3.8) is 0 Å². The maximum Gasteiger partial charge on any atom is 0.264 e. The smallest absolute Gasteiger partial charge is 0.264 e. The lowest BCUT2D eigenvalue weighted by Crippen LogP contribution is -2.40. The van der Waals surface area contributed by atoms with Gasteiger partial charge in [-0.2, -0.15) is 16.8 Å². The number of hydrogen-bond donors (Lipinski definition) is 2. The second-order valence-corrected chi connectivity index (χ2v) is 18.3. The molecule has 6 rings (SSSR count). The van der Waals surface area contributed by atoms with Crippen LogP contribution in [0.3, 0.4) is 0 Å². The van der Waals surface area contributed by atoms with Crippen molar-refractivity contribution < 1.29 is 25.9 Å². The Labute approximate surface area is 314 Å². The van der Waals surface area contributed by atoms with E-state index in [0.717, 1.165) is 17.1 Å². The van der Waals surface area contributed by atoms with Gasteiger partial charge < -0.3 is 9.80 Å². The summed E-state index contributed by atoms with van der Waals surface area (Å²) < 4.78 is 64.1. The molecule has 0 saturated heterocycles. The van der Waals surface area contributed by atoms with E-state index in [4.69, 9.17) is 0 Å². The first-order chi connectivity index (χ1) is 25.1. The zero-order valence-electron chi connectivity index (χ0n) is 30.9. The van der Waals surface area contributed by atoms with E-state index in [2.05, 4.69) is 122 Å². The standard InChI is InChI=1S/C43H50N2O6S2/c1-42(2)38(44(28-14-16-30-52(46,47)48)36-26-24-32-18-10-12-20-34(32)40(36)42)22-8-6-5-7-9-23-39-43(3,4)41-35-21-13-11-19-33(35)25-27-37(41)45(39)29-15-17-31-53(49,50)51/h5-13,18-27,38H,14-17,28-31H2,1-4H3,(H,46,47,48)(H,49,50,51)/b6-5+,9-7+,22-8+,39-23+. The van der Waals surface area contributed by atoms with Crippen LogP contribution in [0.2, 0.25) is 0 Å². The molecule has 0 aromatic heterocycles. The van der Waals surface area contributed by atoms with Crippen molar-refractivity contribution in [3.8, 4) is 0 Å². The molecule has 1 unspecified atom stereocenters. The van der Waals surface area contributed by atoms with Gasteiger partial charge in [0.05, 0.1) is 17.5 Å². The SMILES string of the molecule is CC1(C)\C(=C/C=C/C=C/C=C/C2N(CCCCS(=O)(=O)O)c3ccc4ccccc4c3C2(C)C)N(CCCCS(=O)(=O)O)c2ccc3ccccc3c21. The third-order valence-corrected chi connectivity index (χ3v) is 12.4. The lowest BCUT2D eigenvalue weighted by atomic mass is 9.78. The minimum absolute atomic E-state index is 0.0341. The zero-order valence-corrected chi connectivity index (χ0v) is 32.6. The van der Waals surface area contributed by atoms with Gasteiger partial charge in [-0.05, 0) is 76.6 Å². The number of anilines is 2. The van der Waals surface area contributed by atoms with E-state index in [1.807, 2.05) is 30.4 Å². The van der Waals surface area contributed by atoms with Crippen LogP contribution in [0.25, 0.3) is 21.5 Å². The minimum atomic E-state index is -4.01. The quantitative estimate of drug-likeness (QED) is 0.0745. The fourth-order valence-corrected chi connectivity index (χ4v) is 9.51. The fraction of sp³-hybridized carbons (Fsp3) is 0.349. The number of hydrogen-bond acceptors (Lipinski definition) is 6. The van der Waals surface area contributed by atoms with Gasteiger partial charge in [-0.25, -0.2) is 0 Å². The van der Waals surface area contributed by atoms with Crippen molar-refractivity contribution >= 4 is 53.2 Å². The molecule has 0 bridgehead atoms. The normalized spacial score (nSPS) is 19.1. The largest absolute Gasteiger partial charge is 0.364 e. The second-order valence-electron chi connectivity index (χ2n) is 15.2. The number of benzene rings is 4. The van der Waals surface area contributed by atoms with Crippen molar-refractivity contribution in [2.75, 3.05) is 34.4 Å². The molecule has 10 heteroatoms. The second kappa shape index (κ2) is 15.3. The van der Waals surface area contributed by atoms with Gasteiger partial charge in [-0.3, -0.25) is 9.11 Å². The van der Waals surface area contributed by atoms with Crippen LogP contribution in [0.15, 0.2) is 121 Å². The molecule has 280 valence electrons. The summed E-state index contributed by atoms with van der Waals surface area (Å²) in [4.78, 5) is 4.65. The zero-order chi connectivity index (χ0) is 38.0. The van der Waals surface area contributed by atoms with Crippen LogP contribution in [-0.2, 0) is 31.1 Å². The van der Waals surface area contributed by atoms with Crippen LogP contribution in [0.5, 0.6) is 0 Å². The first kappa shape index (κ1) is 38.5. The highest BCUT2D eigenvalue weighted by Crippen LogP contribution is 2.51. The van der Waals surface area contributed by atoms with Gasteiger partial charge in [0, 0.05) is 41.0 Å². The van der Waals surface area contributed by atoms with Crippen LogP contribution in [0.1, 0.15) is 64.5 Å². The molecule has 2 heterocycles. The molecule has 0 aliphatic carbocycles. The molecule has 4 aromatic rings. The van der Waals surface area contributed by atoms with E-state index < -0.39 is 20.2 Å². The van der Waals surface area contributed by atoms with Crippen molar-refractivity contribution in [2.24, 2.45) is 0 Å². The van der Waals surface area contributed by atoms with Crippen LogP contribution < -0.4 is 9.80 Å². The van der Waals surface area contributed by atoms with E-state index in [0.29, 0.717) is 38.8 Å². The molecule has 0 saturated carbocycles. The minimum Gasteiger partial charge on any atom is -0.364 e. The third-order valence-electron chi connectivity index (χ3n) is 10.8. The first-order valence-electron chi connectivity index (χ1n) is 18.3. The predicted molar refractivity (Wildman–Crippen MR) is 219 cm³/mol. The number of allylic oxidation sites excluding steroid dienone is 7. The summed E-state index contributed by atoms with van der Waals surface area (Å²) in [6, 6.07) is 25.5. The molecule has 4 aromatic carbocycles. The lowest BCUT2D eigenvalue weighted by molar-refractivity contribution is 0.468. The Morgan fingerprint density at radius 3 is 1.77 bits per heavy atom. The van der Waals surface area contributed by atoms with Crippen molar-refractivity contribution in [2.45, 2.75) is 70.3 Å². The lowest BCUT2D eigenvalue weighted by Gasteiger charge is -2.32. The molecule has 0 amide bonds. The molecule has 2 N–H and O–H groups in total. The average molecular weight is 755 g/mol. The Kier molecular flexibility index (Phi) is 11.1. The summed E-state index contributed by atoms with van der Waals surface area (Å²) in [5.74, 6) is -0.495. The summed E-state index contributed by atoms with van der Waals surface area (Å²) >= 11 is 0. The highest BCUT2D eigenvalue weighted by molar-refractivity contribution is 7.86. The summed E-state index contributed by atoms with van der Waals surface area (Å²) in [5.41, 5.74) is 5.41. The molecule has 0 radical (unpaired) electrons. The number of nitrogens with zero attached hydrogens (tertiary/aromatic N) is 2. The third kappa shape index (κ3) is 8.31. The van der Waals surface area contributed by atoms with Crippen molar-refractivity contribution in [1.29, 1.82) is 0 Å². The van der Waals surface area contributed by atoms with Gasteiger partial charge >= 0.3 is 0 Å². The number of fused-ring (bicyclic) bond motifs is 6. The molecular formula is C43H50N2O6S2. The van der Waals surface area contributed by atoms with E-state index in [9.17, 15) is 25.9 Å². The van der Waals surface area contributed by atoms with Gasteiger partial charge in [0.1, 0.15) is 0 Å². The molecule has 53 heavy (non-hydrogen) atoms. The molecule has 0 spiro atoms. The Bertz CT molecular complexity index is 2340. The monoisotopic (exact) mass is 754 g/mol. The molecule has 0 fully saturated rings. The van der Waals surface area contributed by atoms with E-state index in [1.165, 1.54) is 32.7 Å². The highest BCUT2D eigenvalue weighted by Gasteiger charge is 2.44. The van der Waals surface area contributed by atoms with Crippen LogP contribution >= 0.6 is 0 Å². The maximum absolute atomic E-state index is 11.4. The Hall–Kier alpha value is -4.22. The van der Waals surface area contributed by atoms with Crippen LogP contribution in [0, 0.1) is 0 Å². The number of unbranched alkanes of at least 4 members (excludes halogenated alkanes) is 2. The summed E-state index contributed by atoms with van der Waals surface area (Å²) in [7, 11) is -8.01. The number of rotatable bonds is 14. The topological polar surface area (TPSA) is 115 Å². The molecular weight excluding hydrogens is 705 g/mol. The van der Waals surface area contributed by atoms with Crippen LogP contribution in [-0.4, -0.2) is 56.6 Å². The van der Waals surface area contributed by atoms with E-state index in [1.54, 1.807) is 0 Å². The van der Waals surface area contributed by atoms with E-state index in [-0.39, 0.29) is 28.4 Å². The molecule has 1 atom stereocenters. The van der Waals surface area contributed by atoms with Gasteiger partial charge in [-0.1, -0.05) is 125 Å². The van der Waals surface area contributed by atoms with Crippen molar-refractivity contribution in [1.82, 2.24) is 0 Å². The fourth-order valence-electron chi connectivity index (χ4n) is 8.37. The first-order valence-corrected chi connectivity index (χ1v) is 21.5. The maximum atomic E-state index is 11.4. The van der Waals surface area contributed by atoms with E-state index >= 15 is 0 Å². The van der Waals surface area contributed by atoms with Gasteiger partial charge in [0.25, 0.3) is 20.2 Å². The van der Waals surface area contributed by atoms with Gasteiger partial charge in [-0.15, -0.1) is 0 Å². The van der Waals surface area contributed by atoms with Gasteiger partial charge in [0.2, 0.25) is 0 Å². The predicted octanol–water partition coefficient (Wildman–Crippen LogP) is 9.15. The Morgan fingerprint density at radius 1 is 0.623 bits per heavy atom. The molecule has 2 aliphatic heterocycles. The molecule has 8 nitrogen and oxygen atoms in total. The van der Waals surface area contributed by atoms with Gasteiger partial charge in [0.15, 0.2) is 0 Å². The summed E-state index contributed by atoms with van der Waals surface area (Å²) in [6.45, 7) is 10.3. The summed E-state index contributed by atoms with van der Waals surface area (Å²) in [5, 5.41) is 4.79. The molecule has 2 aliphatic rings.